The number of hydrogen-bond acceptors (Lipinski definition) is 4. The molecule has 0 radical (unpaired) electrons. The smallest absolute Gasteiger partial charge is 0.217 e. The normalized spacial score (nSPS) is 50.7. The van der Waals surface area contributed by atoms with Gasteiger partial charge < -0.3 is 19.7 Å². The van der Waals surface area contributed by atoms with Crippen molar-refractivity contribution in [3.63, 3.8) is 0 Å². The van der Waals surface area contributed by atoms with Crippen LogP contribution in [0.1, 0.15) is 0 Å². The summed E-state index contributed by atoms with van der Waals surface area (Å²) >= 11 is 26.2. The summed E-state index contributed by atoms with van der Waals surface area (Å²) in [6, 6.07) is 0. The lowest BCUT2D eigenvalue weighted by Crippen LogP contribution is -2.58. The summed E-state index contributed by atoms with van der Waals surface area (Å²) in [6.07, 6.45) is 1.01. The highest BCUT2D eigenvalue weighted by Gasteiger charge is 2.86. The number of aliphatic hydroxyl groups excluding tert-OH is 2. The molecule has 0 aliphatic heterocycles. The molecule has 4 nitrogen and oxygen atoms in total. The minimum Gasteiger partial charge on any atom is -0.389 e. The lowest BCUT2D eigenvalue weighted by atomic mass is 9.72. The number of fused-ring (bicyclic) bond motifs is 5. The molecule has 21 heavy (non-hydrogen) atoms. The van der Waals surface area contributed by atoms with E-state index >= 15 is 0 Å². The van der Waals surface area contributed by atoms with Crippen LogP contribution in [0.15, 0.2) is 22.2 Å². The maximum Gasteiger partial charge on any atom is 0.217 e. The van der Waals surface area contributed by atoms with Crippen molar-refractivity contribution in [1.82, 2.24) is 0 Å². The van der Waals surface area contributed by atoms with Gasteiger partial charge in [-0.15, -0.1) is 23.2 Å². The highest BCUT2D eigenvalue weighted by Crippen LogP contribution is 2.75. The molecule has 118 valence electrons. The third-order valence-corrected chi connectivity index (χ3v) is 7.56. The first-order chi connectivity index (χ1) is 9.74. The van der Waals surface area contributed by atoms with Crippen LogP contribution < -0.4 is 0 Å². The molecule has 0 saturated heterocycles. The predicted molar refractivity (Wildman–Crippen MR) is 80.8 cm³/mol. The summed E-state index contributed by atoms with van der Waals surface area (Å²) < 4.78 is 11.0. The van der Waals surface area contributed by atoms with Crippen LogP contribution in [-0.2, 0) is 9.47 Å². The maximum atomic E-state index is 10.3. The molecule has 2 N–H and O–H groups in total. The molecule has 0 amide bonds. The fraction of sp³-hybridized carbons (Fsp3) is 0.692. The molecule has 2 bridgehead atoms. The van der Waals surface area contributed by atoms with Crippen LogP contribution >= 0.6 is 46.4 Å². The van der Waals surface area contributed by atoms with Crippen molar-refractivity contribution in [3.8, 4) is 0 Å². The zero-order chi connectivity index (χ0) is 15.8. The van der Waals surface area contributed by atoms with Gasteiger partial charge in [-0.05, 0) is 0 Å². The van der Waals surface area contributed by atoms with Crippen molar-refractivity contribution >= 4 is 46.4 Å². The molecule has 3 rings (SSSR count). The second kappa shape index (κ2) is 4.74. The van der Waals surface area contributed by atoms with Crippen molar-refractivity contribution in [3.05, 3.63) is 22.2 Å². The van der Waals surface area contributed by atoms with Gasteiger partial charge in [-0.2, -0.15) is 0 Å². The largest absolute Gasteiger partial charge is 0.389 e. The van der Waals surface area contributed by atoms with E-state index in [1.165, 1.54) is 26.4 Å². The zero-order valence-corrected chi connectivity index (χ0v) is 14.2. The Morgan fingerprint density at radius 1 is 0.905 bits per heavy atom. The summed E-state index contributed by atoms with van der Waals surface area (Å²) in [5, 5.41) is 20.9. The molecule has 0 heterocycles. The van der Waals surface area contributed by atoms with Gasteiger partial charge >= 0.3 is 0 Å². The van der Waals surface area contributed by atoms with Crippen LogP contribution in [0.3, 0.4) is 0 Å². The van der Waals surface area contributed by atoms with Gasteiger partial charge in [-0.25, -0.2) is 0 Å². The van der Waals surface area contributed by atoms with E-state index in [1.54, 1.807) is 0 Å². The number of alkyl halides is 2. The topological polar surface area (TPSA) is 58.9 Å². The van der Waals surface area contributed by atoms with E-state index in [-0.39, 0.29) is 10.1 Å². The SMILES string of the molecule is COC1(OC)[C@@]2(Cl)C(Cl)=C(Cl)[C@]1(Cl)[C@H]1[C@@H]2[C@@H](O)C=C[C@H]1O. The van der Waals surface area contributed by atoms with Gasteiger partial charge in [-0.3, -0.25) is 0 Å². The Hall–Kier alpha value is 0.480. The van der Waals surface area contributed by atoms with Gasteiger partial charge in [0.05, 0.1) is 22.3 Å². The number of ether oxygens (including phenoxy) is 2. The van der Waals surface area contributed by atoms with E-state index in [4.69, 9.17) is 55.9 Å². The third kappa shape index (κ3) is 1.45. The lowest BCUT2D eigenvalue weighted by molar-refractivity contribution is -0.222. The molecule has 0 aromatic rings. The van der Waals surface area contributed by atoms with Gasteiger partial charge in [0.15, 0.2) is 0 Å². The molecule has 0 unspecified atom stereocenters. The first-order valence-electron chi connectivity index (χ1n) is 6.32. The van der Waals surface area contributed by atoms with Crippen LogP contribution in [-0.4, -0.2) is 52.2 Å². The van der Waals surface area contributed by atoms with Crippen LogP contribution in [0.25, 0.3) is 0 Å². The number of hydrogen-bond donors (Lipinski definition) is 2. The second-order valence-corrected chi connectivity index (χ2v) is 7.44. The van der Waals surface area contributed by atoms with Gasteiger partial charge in [0.2, 0.25) is 5.79 Å². The van der Waals surface area contributed by atoms with Crippen molar-refractivity contribution in [2.45, 2.75) is 27.7 Å². The predicted octanol–water partition coefficient (Wildman–Crippen LogP) is 2.17. The molecule has 8 heteroatoms. The minimum absolute atomic E-state index is 0.0762. The fourth-order valence-corrected chi connectivity index (χ4v) is 6.41. The molecule has 1 saturated carbocycles. The number of methoxy groups -OCH3 is 2. The van der Waals surface area contributed by atoms with Crippen LogP contribution in [0.5, 0.6) is 0 Å². The molecule has 0 aromatic carbocycles. The average Bonchev–Trinajstić information content (AvgIpc) is 2.72. The number of rotatable bonds is 2. The molecular weight excluding hydrogens is 362 g/mol. The average molecular weight is 376 g/mol. The van der Waals surface area contributed by atoms with Gasteiger partial charge in [0, 0.05) is 26.1 Å². The first-order valence-corrected chi connectivity index (χ1v) is 7.84. The monoisotopic (exact) mass is 374 g/mol. The zero-order valence-electron chi connectivity index (χ0n) is 11.2. The third-order valence-electron chi connectivity index (χ3n) is 4.91. The van der Waals surface area contributed by atoms with Crippen LogP contribution in [0.4, 0.5) is 0 Å². The second-order valence-electron chi connectivity index (χ2n) is 5.49. The van der Waals surface area contributed by atoms with Crippen LogP contribution in [0.2, 0.25) is 0 Å². The Balaban J connectivity index is 2.34. The van der Waals surface area contributed by atoms with E-state index in [0.717, 1.165) is 0 Å². The molecule has 6 atom stereocenters. The van der Waals surface area contributed by atoms with Gasteiger partial charge in [0.1, 0.15) is 9.75 Å². The van der Waals surface area contributed by atoms with Crippen molar-refractivity contribution in [2.75, 3.05) is 14.2 Å². The quantitative estimate of drug-likeness (QED) is 0.441. The Labute approximate surface area is 142 Å². The number of aliphatic hydroxyl groups is 2. The Morgan fingerprint density at radius 3 is 1.52 bits per heavy atom. The van der Waals surface area contributed by atoms with Crippen molar-refractivity contribution < 1.29 is 19.7 Å². The van der Waals surface area contributed by atoms with E-state index in [1.807, 2.05) is 0 Å². The van der Waals surface area contributed by atoms with E-state index in [9.17, 15) is 10.2 Å². The highest BCUT2D eigenvalue weighted by molar-refractivity contribution is 6.52. The molecule has 3 aliphatic rings. The summed E-state index contributed by atoms with van der Waals surface area (Å²) in [5.74, 6) is -3.00. The van der Waals surface area contributed by atoms with Crippen molar-refractivity contribution in [2.24, 2.45) is 11.8 Å². The Morgan fingerprint density at radius 2 is 1.24 bits per heavy atom. The Bertz CT molecular complexity index is 504. The van der Waals surface area contributed by atoms with Crippen LogP contribution in [0, 0.1) is 11.8 Å². The lowest BCUT2D eigenvalue weighted by Gasteiger charge is -2.41. The van der Waals surface area contributed by atoms with Gasteiger partial charge in [-0.1, -0.05) is 35.4 Å². The number of halogens is 4. The molecule has 0 aromatic heterocycles. The summed E-state index contributed by atoms with van der Waals surface area (Å²) in [4.78, 5) is -2.99. The molecule has 0 spiro atoms. The summed E-state index contributed by atoms with van der Waals surface area (Å²) in [6.45, 7) is 0. The molecular formula is C13H14Cl4O4. The van der Waals surface area contributed by atoms with Gasteiger partial charge in [0.25, 0.3) is 0 Å². The summed E-state index contributed by atoms with van der Waals surface area (Å²) in [5.41, 5.74) is 0. The maximum absolute atomic E-state index is 10.3. The standard InChI is InChI=1S/C13H14Cl4O4/c1-20-13(21-2)11(16)7-5(18)3-4-6(19)8(7)12(13,17)10(15)9(11)14/h3-8,18-19H,1-2H3/t5-,6+,7-,8+,11-,12+. The molecule has 1 fully saturated rings. The van der Waals surface area contributed by atoms with E-state index < -0.39 is 39.6 Å². The Kier molecular flexibility index (Phi) is 3.69. The van der Waals surface area contributed by atoms with E-state index in [0.29, 0.717) is 0 Å². The minimum atomic E-state index is -1.60. The van der Waals surface area contributed by atoms with E-state index in [2.05, 4.69) is 0 Å². The molecule has 3 aliphatic carbocycles. The first kappa shape index (κ1) is 16.3. The fourth-order valence-electron chi connectivity index (χ4n) is 4.14. The summed E-state index contributed by atoms with van der Waals surface area (Å²) in [7, 11) is 2.75. The highest BCUT2D eigenvalue weighted by atomic mass is 35.5. The van der Waals surface area contributed by atoms with Crippen molar-refractivity contribution in [1.29, 1.82) is 0 Å².